The molecule has 64 valence electrons. The largest absolute Gasteiger partial charge is 0.486 e. The first kappa shape index (κ1) is 7.98. The Hall–Kier alpha value is -0.640. The number of halogens is 3. The first-order chi connectivity index (χ1) is 5.59. The minimum Gasteiger partial charge on any atom is -0.486 e. The molecule has 0 N–H and O–H groups in total. The Labute approximate surface area is 76.5 Å². The Balaban J connectivity index is 2.55. The highest BCUT2D eigenvalue weighted by atomic mass is 79.9. The SMILES string of the molecule is FC1(F)COc2cc(Br)ccc21. The fourth-order valence-corrected chi connectivity index (χ4v) is 1.50. The Morgan fingerprint density at radius 3 is 2.92 bits per heavy atom. The smallest absolute Gasteiger partial charge is 0.310 e. The van der Waals surface area contributed by atoms with E-state index in [0.717, 1.165) is 4.47 Å². The number of rotatable bonds is 0. The van der Waals surface area contributed by atoms with Gasteiger partial charge in [0.15, 0.2) is 6.61 Å². The predicted octanol–water partition coefficient (Wildman–Crippen LogP) is 2.93. The van der Waals surface area contributed by atoms with Gasteiger partial charge in [0.1, 0.15) is 5.75 Å². The molecule has 0 saturated carbocycles. The average Bonchev–Trinajstić information content (AvgIpc) is 2.27. The molecule has 0 radical (unpaired) electrons. The van der Waals surface area contributed by atoms with Crippen molar-refractivity contribution in [2.75, 3.05) is 6.61 Å². The highest BCUT2D eigenvalue weighted by Gasteiger charge is 2.41. The summed E-state index contributed by atoms with van der Waals surface area (Å²) >= 11 is 3.18. The summed E-state index contributed by atoms with van der Waals surface area (Å²) in [5, 5.41) is 0. The summed E-state index contributed by atoms with van der Waals surface area (Å²) in [5.74, 6) is -2.55. The lowest BCUT2D eigenvalue weighted by atomic mass is 10.1. The lowest BCUT2D eigenvalue weighted by Gasteiger charge is -2.04. The van der Waals surface area contributed by atoms with Gasteiger partial charge in [-0.1, -0.05) is 15.9 Å². The van der Waals surface area contributed by atoms with E-state index in [1.54, 1.807) is 12.1 Å². The van der Waals surface area contributed by atoms with Crippen LogP contribution in [0.5, 0.6) is 5.75 Å². The zero-order valence-electron chi connectivity index (χ0n) is 5.98. The summed E-state index contributed by atoms with van der Waals surface area (Å²) in [6.45, 7) is -0.543. The number of fused-ring (bicyclic) bond motifs is 1. The molecule has 0 spiro atoms. The van der Waals surface area contributed by atoms with Crippen molar-refractivity contribution < 1.29 is 13.5 Å². The van der Waals surface area contributed by atoms with Crippen LogP contribution in [0.25, 0.3) is 0 Å². The van der Waals surface area contributed by atoms with Gasteiger partial charge < -0.3 is 4.74 Å². The molecule has 12 heavy (non-hydrogen) atoms. The van der Waals surface area contributed by atoms with E-state index in [-0.39, 0.29) is 11.3 Å². The van der Waals surface area contributed by atoms with Crippen molar-refractivity contribution in [1.82, 2.24) is 0 Å². The van der Waals surface area contributed by atoms with Crippen LogP contribution in [-0.4, -0.2) is 6.61 Å². The molecular formula is C8H5BrF2O. The Kier molecular flexibility index (Phi) is 1.61. The maximum absolute atomic E-state index is 12.9. The van der Waals surface area contributed by atoms with E-state index >= 15 is 0 Å². The van der Waals surface area contributed by atoms with Gasteiger partial charge >= 0.3 is 5.92 Å². The van der Waals surface area contributed by atoms with Gasteiger partial charge in [-0.05, 0) is 18.2 Å². The second-order valence-corrected chi connectivity index (χ2v) is 3.55. The van der Waals surface area contributed by atoms with E-state index in [2.05, 4.69) is 15.9 Å². The summed E-state index contributed by atoms with van der Waals surface area (Å²) < 4.78 is 31.4. The van der Waals surface area contributed by atoms with Gasteiger partial charge in [0.25, 0.3) is 0 Å². The van der Waals surface area contributed by atoms with Gasteiger partial charge in [-0.2, -0.15) is 8.78 Å². The van der Waals surface area contributed by atoms with E-state index in [4.69, 9.17) is 4.74 Å². The molecular weight excluding hydrogens is 230 g/mol. The summed E-state index contributed by atoms with van der Waals surface area (Å²) in [7, 11) is 0. The van der Waals surface area contributed by atoms with E-state index in [1.165, 1.54) is 6.07 Å². The molecule has 0 atom stereocenters. The maximum atomic E-state index is 12.9. The minimum absolute atomic E-state index is 0.0225. The van der Waals surface area contributed by atoms with Crippen molar-refractivity contribution in [2.24, 2.45) is 0 Å². The van der Waals surface area contributed by atoms with Crippen LogP contribution in [0.3, 0.4) is 0 Å². The maximum Gasteiger partial charge on any atom is 0.310 e. The highest BCUT2D eigenvalue weighted by molar-refractivity contribution is 9.10. The third-order valence-corrected chi connectivity index (χ3v) is 2.24. The van der Waals surface area contributed by atoms with E-state index in [1.807, 2.05) is 0 Å². The fraction of sp³-hybridized carbons (Fsp3) is 0.250. The predicted molar refractivity (Wildman–Crippen MR) is 43.5 cm³/mol. The van der Waals surface area contributed by atoms with E-state index in [9.17, 15) is 8.78 Å². The summed E-state index contributed by atoms with van der Waals surface area (Å²) in [6.07, 6.45) is 0. The standard InChI is InChI=1S/C8H5BrF2O/c9-5-1-2-6-7(3-5)12-4-8(6,10)11/h1-3H,4H2. The number of hydrogen-bond acceptors (Lipinski definition) is 1. The van der Waals surface area contributed by atoms with Crippen LogP contribution in [0.1, 0.15) is 5.56 Å². The summed E-state index contributed by atoms with van der Waals surface area (Å²) in [5.41, 5.74) is -0.0225. The molecule has 1 heterocycles. The van der Waals surface area contributed by atoms with Crippen LogP contribution >= 0.6 is 15.9 Å². The van der Waals surface area contributed by atoms with Gasteiger partial charge in [0, 0.05) is 4.47 Å². The fourth-order valence-electron chi connectivity index (χ4n) is 1.16. The molecule has 0 saturated heterocycles. The van der Waals surface area contributed by atoms with Gasteiger partial charge in [-0.25, -0.2) is 0 Å². The Bertz CT molecular complexity index is 325. The molecule has 0 aromatic heterocycles. The Morgan fingerprint density at radius 2 is 2.17 bits per heavy atom. The quantitative estimate of drug-likeness (QED) is 0.671. The zero-order valence-corrected chi connectivity index (χ0v) is 7.57. The molecule has 2 rings (SSSR count). The summed E-state index contributed by atoms with van der Waals surface area (Å²) in [6, 6.07) is 4.52. The van der Waals surface area contributed by atoms with Gasteiger partial charge in [0.2, 0.25) is 0 Å². The van der Waals surface area contributed by atoms with Gasteiger partial charge in [-0.3, -0.25) is 0 Å². The second kappa shape index (κ2) is 2.42. The normalized spacial score (nSPS) is 18.6. The van der Waals surface area contributed by atoms with E-state index in [0.29, 0.717) is 0 Å². The molecule has 0 unspecified atom stereocenters. The molecule has 1 aromatic rings. The lowest BCUT2D eigenvalue weighted by Crippen LogP contribution is -2.14. The topological polar surface area (TPSA) is 9.23 Å². The molecule has 1 aromatic carbocycles. The molecule has 4 heteroatoms. The number of benzene rings is 1. The van der Waals surface area contributed by atoms with Crippen molar-refractivity contribution in [3.8, 4) is 5.75 Å². The van der Waals surface area contributed by atoms with Crippen LogP contribution in [0.2, 0.25) is 0 Å². The van der Waals surface area contributed by atoms with Crippen LogP contribution in [0.15, 0.2) is 22.7 Å². The van der Waals surface area contributed by atoms with E-state index < -0.39 is 12.5 Å². The Morgan fingerprint density at radius 1 is 1.42 bits per heavy atom. The second-order valence-electron chi connectivity index (χ2n) is 2.63. The zero-order chi connectivity index (χ0) is 8.77. The third kappa shape index (κ3) is 1.10. The lowest BCUT2D eigenvalue weighted by molar-refractivity contribution is -0.0213. The summed E-state index contributed by atoms with van der Waals surface area (Å²) in [4.78, 5) is 0. The molecule has 1 aliphatic heterocycles. The van der Waals surface area contributed by atoms with Crippen LogP contribution in [0.4, 0.5) is 8.78 Å². The van der Waals surface area contributed by atoms with Crippen LogP contribution in [0, 0.1) is 0 Å². The van der Waals surface area contributed by atoms with Crippen molar-refractivity contribution in [3.63, 3.8) is 0 Å². The molecule has 0 bridgehead atoms. The molecule has 1 nitrogen and oxygen atoms in total. The van der Waals surface area contributed by atoms with Gasteiger partial charge in [0.05, 0.1) is 5.56 Å². The number of ether oxygens (including phenoxy) is 1. The number of alkyl halides is 2. The van der Waals surface area contributed by atoms with Crippen LogP contribution < -0.4 is 4.74 Å². The minimum atomic E-state index is -2.82. The third-order valence-electron chi connectivity index (χ3n) is 1.75. The van der Waals surface area contributed by atoms with Crippen molar-refractivity contribution in [2.45, 2.75) is 5.92 Å². The first-order valence-corrected chi connectivity index (χ1v) is 4.19. The van der Waals surface area contributed by atoms with Crippen molar-refractivity contribution in [3.05, 3.63) is 28.2 Å². The molecule has 0 amide bonds. The first-order valence-electron chi connectivity index (χ1n) is 3.40. The van der Waals surface area contributed by atoms with Crippen molar-refractivity contribution >= 4 is 15.9 Å². The molecule has 0 fully saturated rings. The number of hydrogen-bond donors (Lipinski definition) is 0. The average molecular weight is 235 g/mol. The van der Waals surface area contributed by atoms with Gasteiger partial charge in [-0.15, -0.1) is 0 Å². The van der Waals surface area contributed by atoms with Crippen molar-refractivity contribution in [1.29, 1.82) is 0 Å². The molecule has 0 aliphatic carbocycles. The monoisotopic (exact) mass is 234 g/mol. The highest BCUT2D eigenvalue weighted by Crippen LogP contribution is 2.42. The molecule has 1 aliphatic rings. The van der Waals surface area contributed by atoms with Crippen LogP contribution in [-0.2, 0) is 5.92 Å².